The molecule has 1 atom stereocenters. The molecule has 0 aliphatic carbocycles. The second-order valence-corrected chi connectivity index (χ2v) is 8.75. The topological polar surface area (TPSA) is 109 Å². The van der Waals surface area contributed by atoms with Gasteiger partial charge in [-0.2, -0.15) is 20.6 Å². The standard InChI is InChI=1S/C25H24FN7O2/c1-3-32-6-4-16(5-7-32)21-10-18-20(26)8-17(9-23(18)30-29-21)22-11-19(24(12-27)35-14-34)25-28-15(2)13-33(25)31-22/h8-11,13-14,16,24H,3-7H2,1-2H3. The Balaban J connectivity index is 1.55. The van der Waals surface area contributed by atoms with Crippen LogP contribution in [0.2, 0.25) is 0 Å². The molecule has 5 rings (SSSR count). The summed E-state index contributed by atoms with van der Waals surface area (Å²) in [7, 11) is 0. The molecule has 1 aliphatic heterocycles. The third-order valence-corrected chi connectivity index (χ3v) is 6.59. The molecule has 0 saturated carbocycles. The minimum atomic E-state index is -1.18. The minimum absolute atomic E-state index is 0.218. The molecule has 0 amide bonds. The predicted octanol–water partition coefficient (Wildman–Crippen LogP) is 3.72. The molecule has 1 unspecified atom stereocenters. The van der Waals surface area contributed by atoms with E-state index in [-0.39, 0.29) is 12.4 Å². The Hall–Kier alpha value is -3.97. The highest BCUT2D eigenvalue weighted by molar-refractivity contribution is 5.84. The fourth-order valence-corrected chi connectivity index (χ4v) is 4.69. The Morgan fingerprint density at radius 2 is 2.06 bits per heavy atom. The van der Waals surface area contributed by atoms with Gasteiger partial charge in [-0.3, -0.25) is 4.79 Å². The van der Waals surface area contributed by atoms with Gasteiger partial charge in [0.15, 0.2) is 5.65 Å². The maximum absolute atomic E-state index is 15.3. The molecule has 1 saturated heterocycles. The molecule has 35 heavy (non-hydrogen) atoms. The van der Waals surface area contributed by atoms with E-state index in [9.17, 15) is 10.1 Å². The number of aryl methyl sites for hydroxylation is 1. The molecular formula is C25H24FN7O2. The summed E-state index contributed by atoms with van der Waals surface area (Å²) in [5.74, 6) is -0.156. The average Bonchev–Trinajstić information content (AvgIpc) is 3.26. The van der Waals surface area contributed by atoms with Crippen molar-refractivity contribution in [3.8, 4) is 17.3 Å². The van der Waals surface area contributed by atoms with E-state index in [1.54, 1.807) is 31.3 Å². The number of fused-ring (bicyclic) bond motifs is 2. The van der Waals surface area contributed by atoms with Gasteiger partial charge in [0.1, 0.15) is 11.9 Å². The molecule has 1 fully saturated rings. The number of aromatic nitrogens is 5. The van der Waals surface area contributed by atoms with Crippen LogP contribution in [0.1, 0.15) is 48.7 Å². The van der Waals surface area contributed by atoms with Crippen LogP contribution in [-0.4, -0.2) is 55.8 Å². The van der Waals surface area contributed by atoms with E-state index in [0.717, 1.165) is 38.2 Å². The van der Waals surface area contributed by atoms with E-state index >= 15 is 4.39 Å². The summed E-state index contributed by atoms with van der Waals surface area (Å²) < 4.78 is 21.8. The highest BCUT2D eigenvalue weighted by Crippen LogP contribution is 2.32. The van der Waals surface area contributed by atoms with E-state index in [0.29, 0.717) is 39.1 Å². The molecule has 0 bridgehead atoms. The minimum Gasteiger partial charge on any atom is -0.444 e. The lowest BCUT2D eigenvalue weighted by atomic mass is 9.92. The van der Waals surface area contributed by atoms with Crippen LogP contribution in [0.3, 0.4) is 0 Å². The van der Waals surface area contributed by atoms with Gasteiger partial charge in [-0.25, -0.2) is 13.9 Å². The number of carbonyl (C=O) groups excluding carboxylic acids is 1. The lowest BCUT2D eigenvalue weighted by molar-refractivity contribution is -0.131. The molecule has 9 nitrogen and oxygen atoms in total. The SMILES string of the molecule is CCN1CCC(c2cc3c(F)cc(-c4cc(C(C#N)OC=O)c5nc(C)cn5n4)cc3nn2)CC1. The molecular weight excluding hydrogens is 449 g/mol. The summed E-state index contributed by atoms with van der Waals surface area (Å²) in [6, 6.07) is 8.46. The Labute approximate surface area is 201 Å². The zero-order valence-corrected chi connectivity index (χ0v) is 19.5. The van der Waals surface area contributed by atoms with Crippen LogP contribution in [0, 0.1) is 24.1 Å². The molecule has 4 heterocycles. The van der Waals surface area contributed by atoms with Crippen molar-refractivity contribution in [2.45, 2.75) is 38.7 Å². The molecule has 3 aromatic heterocycles. The van der Waals surface area contributed by atoms with Gasteiger partial charge < -0.3 is 9.64 Å². The Kier molecular flexibility index (Phi) is 6.09. The first-order valence-corrected chi connectivity index (χ1v) is 11.6. The van der Waals surface area contributed by atoms with Crippen molar-refractivity contribution in [1.82, 2.24) is 29.7 Å². The third kappa shape index (κ3) is 4.31. The summed E-state index contributed by atoms with van der Waals surface area (Å²) in [5.41, 5.74) is 3.51. The Bertz CT molecular complexity index is 1450. The predicted molar refractivity (Wildman–Crippen MR) is 126 cm³/mol. The number of rotatable bonds is 6. The number of halogens is 1. The Morgan fingerprint density at radius 3 is 2.77 bits per heavy atom. The zero-order chi connectivity index (χ0) is 24.5. The van der Waals surface area contributed by atoms with E-state index in [1.165, 1.54) is 10.6 Å². The van der Waals surface area contributed by atoms with Crippen LogP contribution >= 0.6 is 0 Å². The van der Waals surface area contributed by atoms with Gasteiger partial charge in [0.2, 0.25) is 6.10 Å². The fraction of sp³-hybridized carbons (Fsp3) is 0.360. The third-order valence-electron chi connectivity index (χ3n) is 6.59. The smallest absolute Gasteiger partial charge is 0.294 e. The van der Waals surface area contributed by atoms with Gasteiger partial charge in [-0.15, -0.1) is 0 Å². The average molecular weight is 474 g/mol. The van der Waals surface area contributed by atoms with Gasteiger partial charge in [0.05, 0.1) is 34.4 Å². The van der Waals surface area contributed by atoms with Gasteiger partial charge in [-0.1, -0.05) is 6.92 Å². The molecule has 1 aliphatic rings. The van der Waals surface area contributed by atoms with E-state index < -0.39 is 11.9 Å². The number of hydrogen-bond donors (Lipinski definition) is 0. The van der Waals surface area contributed by atoms with Crippen LogP contribution in [-0.2, 0) is 9.53 Å². The van der Waals surface area contributed by atoms with Crippen molar-refractivity contribution in [1.29, 1.82) is 5.26 Å². The number of piperidine rings is 1. The fourth-order valence-electron chi connectivity index (χ4n) is 4.69. The summed E-state index contributed by atoms with van der Waals surface area (Å²) in [6.07, 6.45) is 2.47. The highest BCUT2D eigenvalue weighted by atomic mass is 19.1. The molecule has 0 radical (unpaired) electrons. The normalized spacial score (nSPS) is 15.8. The van der Waals surface area contributed by atoms with Gasteiger partial charge in [0, 0.05) is 16.9 Å². The molecule has 0 N–H and O–H groups in total. The molecule has 1 aromatic carbocycles. The van der Waals surface area contributed by atoms with Crippen molar-refractivity contribution < 1.29 is 13.9 Å². The first-order chi connectivity index (χ1) is 17.0. The van der Waals surface area contributed by atoms with Crippen LogP contribution in [0.4, 0.5) is 4.39 Å². The number of hydrogen-bond acceptors (Lipinski definition) is 8. The van der Waals surface area contributed by atoms with Crippen molar-refractivity contribution in [3.63, 3.8) is 0 Å². The van der Waals surface area contributed by atoms with E-state index in [1.807, 2.05) is 6.07 Å². The number of carbonyl (C=O) groups is 1. The summed E-state index contributed by atoms with van der Waals surface area (Å²) in [6.45, 7) is 7.20. The van der Waals surface area contributed by atoms with E-state index in [4.69, 9.17) is 4.74 Å². The van der Waals surface area contributed by atoms with Gasteiger partial charge in [-0.05, 0) is 63.7 Å². The quantitative estimate of drug-likeness (QED) is 0.390. The van der Waals surface area contributed by atoms with Crippen molar-refractivity contribution in [2.24, 2.45) is 0 Å². The number of nitrogens with zero attached hydrogens (tertiary/aromatic N) is 7. The monoisotopic (exact) mass is 473 g/mol. The van der Waals surface area contributed by atoms with Crippen molar-refractivity contribution >= 4 is 23.0 Å². The molecule has 0 spiro atoms. The van der Waals surface area contributed by atoms with Gasteiger partial charge >= 0.3 is 0 Å². The van der Waals surface area contributed by atoms with Gasteiger partial charge in [0.25, 0.3) is 6.47 Å². The molecule has 4 aromatic rings. The molecule has 178 valence electrons. The number of nitriles is 1. The lowest BCUT2D eigenvalue weighted by Crippen LogP contribution is -2.32. The zero-order valence-electron chi connectivity index (χ0n) is 19.5. The van der Waals surface area contributed by atoms with Crippen molar-refractivity contribution in [2.75, 3.05) is 19.6 Å². The second-order valence-electron chi connectivity index (χ2n) is 8.75. The van der Waals surface area contributed by atoms with Crippen LogP contribution in [0.5, 0.6) is 0 Å². The number of benzene rings is 1. The number of imidazole rings is 1. The van der Waals surface area contributed by atoms with Crippen LogP contribution in [0.15, 0.2) is 30.5 Å². The number of ether oxygens (including phenoxy) is 1. The molecule has 10 heteroatoms. The summed E-state index contributed by atoms with van der Waals surface area (Å²) >= 11 is 0. The highest BCUT2D eigenvalue weighted by Gasteiger charge is 2.23. The Morgan fingerprint density at radius 1 is 1.26 bits per heavy atom. The first-order valence-electron chi connectivity index (χ1n) is 11.6. The first kappa shape index (κ1) is 22.8. The van der Waals surface area contributed by atoms with Crippen LogP contribution in [0.25, 0.3) is 27.8 Å². The lowest BCUT2D eigenvalue weighted by Gasteiger charge is -2.30. The van der Waals surface area contributed by atoms with Crippen LogP contribution < -0.4 is 0 Å². The maximum Gasteiger partial charge on any atom is 0.294 e. The summed E-state index contributed by atoms with van der Waals surface area (Å²) in [4.78, 5) is 17.7. The largest absolute Gasteiger partial charge is 0.444 e. The number of likely N-dealkylation sites (tertiary alicyclic amines) is 1. The second kappa shape index (κ2) is 9.35. The van der Waals surface area contributed by atoms with E-state index in [2.05, 4.69) is 32.1 Å². The summed E-state index contributed by atoms with van der Waals surface area (Å²) in [5, 5.41) is 23.2. The maximum atomic E-state index is 15.3. The van der Waals surface area contributed by atoms with Crippen molar-refractivity contribution in [3.05, 3.63) is 53.2 Å².